The van der Waals surface area contributed by atoms with E-state index in [-0.39, 0.29) is 0 Å². The van der Waals surface area contributed by atoms with E-state index in [4.69, 9.17) is 22.1 Å². The number of rotatable bonds is 6. The van der Waals surface area contributed by atoms with Crippen molar-refractivity contribution in [3.05, 3.63) is 58.6 Å². The zero-order chi connectivity index (χ0) is 15.2. The highest BCUT2D eigenvalue weighted by Crippen LogP contribution is 2.21. The largest absolute Gasteiger partial charge is 0.494 e. The van der Waals surface area contributed by atoms with Crippen LogP contribution in [0, 0.1) is 0 Å². The van der Waals surface area contributed by atoms with E-state index in [1.54, 1.807) is 18.2 Å². The summed E-state index contributed by atoms with van der Waals surface area (Å²) in [6.07, 6.45) is 0. The van der Waals surface area contributed by atoms with Gasteiger partial charge in [0.2, 0.25) is 5.91 Å². The third kappa shape index (κ3) is 4.13. The van der Waals surface area contributed by atoms with Gasteiger partial charge >= 0.3 is 0 Å². The van der Waals surface area contributed by atoms with Crippen molar-refractivity contribution >= 4 is 23.2 Å². The smallest absolute Gasteiger partial charge is 0.248 e. The molecule has 0 atom stereocenters. The van der Waals surface area contributed by atoms with Crippen molar-refractivity contribution in [2.45, 2.75) is 13.5 Å². The highest BCUT2D eigenvalue weighted by molar-refractivity contribution is 6.31. The topological polar surface area (TPSA) is 64.3 Å². The van der Waals surface area contributed by atoms with E-state index in [2.05, 4.69) is 5.32 Å². The van der Waals surface area contributed by atoms with Gasteiger partial charge in [0.1, 0.15) is 5.75 Å². The second kappa shape index (κ2) is 6.99. The van der Waals surface area contributed by atoms with Crippen molar-refractivity contribution in [3.8, 4) is 5.75 Å². The van der Waals surface area contributed by atoms with E-state index in [9.17, 15) is 4.79 Å². The van der Waals surface area contributed by atoms with Gasteiger partial charge in [-0.1, -0.05) is 23.7 Å². The molecule has 5 heteroatoms. The zero-order valence-corrected chi connectivity index (χ0v) is 12.5. The Labute approximate surface area is 128 Å². The van der Waals surface area contributed by atoms with Crippen LogP contribution in [0.3, 0.4) is 0 Å². The fraction of sp³-hybridized carbons (Fsp3) is 0.188. The van der Waals surface area contributed by atoms with Crippen molar-refractivity contribution in [2.24, 2.45) is 5.73 Å². The maximum atomic E-state index is 11.1. The molecular weight excluding hydrogens is 288 g/mol. The summed E-state index contributed by atoms with van der Waals surface area (Å²) in [6, 6.07) is 12.7. The number of benzene rings is 2. The predicted octanol–water partition coefficient (Wildman–Crippen LogP) is 3.45. The summed E-state index contributed by atoms with van der Waals surface area (Å²) in [7, 11) is 0. The van der Waals surface area contributed by atoms with E-state index in [1.165, 1.54) is 0 Å². The molecule has 0 spiro atoms. The monoisotopic (exact) mass is 304 g/mol. The Balaban J connectivity index is 2.06. The molecule has 0 saturated carbocycles. The van der Waals surface area contributed by atoms with Crippen LogP contribution >= 0.6 is 11.6 Å². The molecular formula is C16H17ClN2O2. The number of ether oxygens (including phenoxy) is 1. The molecule has 0 saturated heterocycles. The van der Waals surface area contributed by atoms with E-state index in [0.29, 0.717) is 23.7 Å². The van der Waals surface area contributed by atoms with E-state index >= 15 is 0 Å². The number of hydrogen-bond donors (Lipinski definition) is 2. The summed E-state index contributed by atoms with van der Waals surface area (Å²) in [6.45, 7) is 3.12. The van der Waals surface area contributed by atoms with E-state index in [1.807, 2.05) is 31.2 Å². The number of nitrogens with one attached hydrogen (secondary N) is 1. The molecule has 2 aromatic rings. The number of hydrogen-bond acceptors (Lipinski definition) is 3. The highest BCUT2D eigenvalue weighted by Gasteiger charge is 2.06. The number of carbonyl (C=O) groups excluding carboxylic acids is 1. The van der Waals surface area contributed by atoms with Crippen LogP contribution in [0.4, 0.5) is 5.69 Å². The van der Waals surface area contributed by atoms with Crippen molar-refractivity contribution in [1.29, 1.82) is 0 Å². The quantitative estimate of drug-likeness (QED) is 0.859. The van der Waals surface area contributed by atoms with Crippen LogP contribution in [-0.2, 0) is 6.54 Å². The first kappa shape index (κ1) is 15.2. The maximum absolute atomic E-state index is 11.1. The average molecular weight is 305 g/mol. The summed E-state index contributed by atoms with van der Waals surface area (Å²) in [5.41, 5.74) is 7.45. The Hall–Kier alpha value is -2.20. The normalized spacial score (nSPS) is 10.2. The second-order valence-electron chi connectivity index (χ2n) is 4.48. The van der Waals surface area contributed by atoms with Gasteiger partial charge in [0.15, 0.2) is 0 Å². The van der Waals surface area contributed by atoms with Crippen molar-refractivity contribution < 1.29 is 9.53 Å². The van der Waals surface area contributed by atoms with Crippen LogP contribution in [0.5, 0.6) is 5.75 Å². The van der Waals surface area contributed by atoms with Crippen LogP contribution in [-0.4, -0.2) is 12.5 Å². The van der Waals surface area contributed by atoms with Crippen LogP contribution in [0.15, 0.2) is 42.5 Å². The number of amides is 1. The van der Waals surface area contributed by atoms with Gasteiger partial charge in [0.05, 0.1) is 6.61 Å². The molecule has 0 aliphatic heterocycles. The van der Waals surface area contributed by atoms with Gasteiger partial charge < -0.3 is 15.8 Å². The third-order valence-electron chi connectivity index (χ3n) is 2.97. The predicted molar refractivity (Wildman–Crippen MR) is 84.9 cm³/mol. The Morgan fingerprint density at radius 3 is 2.76 bits per heavy atom. The minimum absolute atomic E-state index is 0.405. The first-order valence-corrected chi connectivity index (χ1v) is 7.03. The molecule has 0 unspecified atom stereocenters. The molecule has 0 aliphatic carbocycles. The molecule has 0 heterocycles. The van der Waals surface area contributed by atoms with Gasteiger partial charge in [-0.05, 0) is 36.8 Å². The average Bonchev–Trinajstić information content (AvgIpc) is 2.46. The summed E-state index contributed by atoms with van der Waals surface area (Å²) in [4.78, 5) is 11.1. The van der Waals surface area contributed by atoms with Crippen LogP contribution in [0.1, 0.15) is 22.8 Å². The lowest BCUT2D eigenvalue weighted by Crippen LogP contribution is -2.11. The van der Waals surface area contributed by atoms with Crippen LogP contribution in [0.2, 0.25) is 5.02 Å². The highest BCUT2D eigenvalue weighted by atomic mass is 35.5. The van der Waals surface area contributed by atoms with E-state index < -0.39 is 5.91 Å². The molecule has 2 rings (SSSR count). The molecule has 0 bridgehead atoms. The SMILES string of the molecule is CCOc1cccc(NCc2ccc(C(N)=O)cc2Cl)c1. The lowest BCUT2D eigenvalue weighted by molar-refractivity contribution is 0.100. The van der Waals surface area contributed by atoms with Gasteiger partial charge in [-0.25, -0.2) is 0 Å². The molecule has 0 aromatic heterocycles. The Morgan fingerprint density at radius 2 is 2.10 bits per heavy atom. The Bertz CT molecular complexity index is 644. The number of nitrogens with two attached hydrogens (primary N) is 1. The first-order chi connectivity index (χ1) is 10.1. The molecule has 0 aliphatic rings. The summed E-state index contributed by atoms with van der Waals surface area (Å²) in [5.74, 6) is 0.332. The van der Waals surface area contributed by atoms with Gasteiger partial charge in [-0.15, -0.1) is 0 Å². The minimum Gasteiger partial charge on any atom is -0.494 e. The fourth-order valence-electron chi connectivity index (χ4n) is 1.90. The zero-order valence-electron chi connectivity index (χ0n) is 11.7. The van der Waals surface area contributed by atoms with Crippen molar-refractivity contribution in [1.82, 2.24) is 0 Å². The molecule has 1 amide bonds. The van der Waals surface area contributed by atoms with Gasteiger partial charge in [-0.3, -0.25) is 4.79 Å². The summed E-state index contributed by atoms with van der Waals surface area (Å²) in [5, 5.41) is 3.78. The van der Waals surface area contributed by atoms with Gasteiger partial charge in [0.25, 0.3) is 0 Å². The van der Waals surface area contributed by atoms with Crippen LogP contribution in [0.25, 0.3) is 0 Å². The summed E-state index contributed by atoms with van der Waals surface area (Å²) >= 11 is 6.15. The second-order valence-corrected chi connectivity index (χ2v) is 4.89. The lowest BCUT2D eigenvalue weighted by atomic mass is 10.1. The molecule has 4 nitrogen and oxygen atoms in total. The number of anilines is 1. The van der Waals surface area contributed by atoms with Crippen molar-refractivity contribution in [3.63, 3.8) is 0 Å². The minimum atomic E-state index is -0.485. The molecule has 2 aromatic carbocycles. The van der Waals surface area contributed by atoms with Crippen molar-refractivity contribution in [2.75, 3.05) is 11.9 Å². The Morgan fingerprint density at radius 1 is 1.29 bits per heavy atom. The third-order valence-corrected chi connectivity index (χ3v) is 3.32. The molecule has 21 heavy (non-hydrogen) atoms. The molecule has 110 valence electrons. The number of primary amides is 1. The number of carbonyl (C=O) groups is 1. The molecule has 3 N–H and O–H groups in total. The Kier molecular flexibility index (Phi) is 5.06. The van der Waals surface area contributed by atoms with Gasteiger partial charge in [0, 0.05) is 28.9 Å². The summed E-state index contributed by atoms with van der Waals surface area (Å²) < 4.78 is 5.45. The fourth-order valence-corrected chi connectivity index (χ4v) is 2.15. The number of halogens is 1. The maximum Gasteiger partial charge on any atom is 0.248 e. The standard InChI is InChI=1S/C16H17ClN2O2/c1-2-21-14-5-3-4-13(9-14)19-10-12-7-6-11(16(18)20)8-15(12)17/h3-9,19H,2,10H2,1H3,(H2,18,20). The first-order valence-electron chi connectivity index (χ1n) is 6.65. The molecule has 0 fully saturated rings. The lowest BCUT2D eigenvalue weighted by Gasteiger charge is -2.10. The van der Waals surface area contributed by atoms with Crippen LogP contribution < -0.4 is 15.8 Å². The van der Waals surface area contributed by atoms with E-state index in [0.717, 1.165) is 17.0 Å². The van der Waals surface area contributed by atoms with Gasteiger partial charge in [-0.2, -0.15) is 0 Å². The molecule has 0 radical (unpaired) electrons.